The van der Waals surface area contributed by atoms with Crippen LogP contribution < -0.4 is 10.6 Å². The first kappa shape index (κ1) is 19.8. The van der Waals surface area contributed by atoms with Crippen LogP contribution in [0.2, 0.25) is 0 Å². The highest BCUT2D eigenvalue weighted by Gasteiger charge is 2.24. The zero-order valence-electron chi connectivity index (χ0n) is 16.1. The lowest BCUT2D eigenvalue weighted by atomic mass is 10.2. The maximum atomic E-state index is 5.53. The van der Waals surface area contributed by atoms with Crippen molar-refractivity contribution in [2.75, 3.05) is 46.4 Å². The van der Waals surface area contributed by atoms with E-state index >= 15 is 0 Å². The fraction of sp³-hybridized carbons (Fsp3) is 0.500. The van der Waals surface area contributed by atoms with Gasteiger partial charge in [0, 0.05) is 61.3 Å². The van der Waals surface area contributed by atoms with E-state index in [1.165, 1.54) is 9.75 Å². The average Bonchev–Trinajstić information content (AvgIpc) is 3.14. The van der Waals surface area contributed by atoms with Gasteiger partial charge in [-0.1, -0.05) is 6.07 Å². The molecule has 3 heterocycles. The minimum absolute atomic E-state index is 0.335. The molecule has 1 saturated heterocycles. The van der Waals surface area contributed by atoms with Gasteiger partial charge in [-0.05, 0) is 31.2 Å². The van der Waals surface area contributed by atoms with Crippen LogP contribution in [0.5, 0.6) is 0 Å². The molecule has 0 aliphatic carbocycles. The number of ether oxygens (including phenoxy) is 1. The van der Waals surface area contributed by atoms with E-state index in [-0.39, 0.29) is 0 Å². The lowest BCUT2D eigenvalue weighted by Crippen LogP contribution is -2.46. The first-order valence-electron chi connectivity index (χ1n) is 9.49. The normalized spacial score (nSPS) is 16.9. The maximum Gasteiger partial charge on any atom is 0.191 e. The lowest BCUT2D eigenvalue weighted by molar-refractivity contribution is 0.0177. The van der Waals surface area contributed by atoms with E-state index in [2.05, 4.69) is 44.6 Å². The molecule has 3 rings (SSSR count). The summed E-state index contributed by atoms with van der Waals surface area (Å²) in [5, 5.41) is 6.90. The minimum Gasteiger partial charge on any atom is -0.379 e. The summed E-state index contributed by atoms with van der Waals surface area (Å²) in [5.41, 5.74) is 1.08. The third kappa shape index (κ3) is 6.02. The Bertz CT molecular complexity index is 712. The van der Waals surface area contributed by atoms with Gasteiger partial charge in [-0.25, -0.2) is 0 Å². The number of guanidine groups is 1. The Hall–Kier alpha value is -1.96. The highest BCUT2D eigenvalue weighted by molar-refractivity contribution is 7.12. The summed E-state index contributed by atoms with van der Waals surface area (Å²) >= 11 is 1.87. The predicted octanol–water partition coefficient (Wildman–Crippen LogP) is 2.23. The number of thiophene rings is 1. The van der Waals surface area contributed by atoms with Gasteiger partial charge in [-0.15, -0.1) is 11.3 Å². The molecule has 0 aromatic carbocycles. The van der Waals surface area contributed by atoms with Gasteiger partial charge in [-0.2, -0.15) is 0 Å². The van der Waals surface area contributed by atoms with Crippen LogP contribution in [0.4, 0.5) is 0 Å². The zero-order valence-corrected chi connectivity index (χ0v) is 17.0. The molecule has 1 unspecified atom stereocenters. The Morgan fingerprint density at radius 3 is 2.78 bits per heavy atom. The summed E-state index contributed by atoms with van der Waals surface area (Å²) in [6.45, 7) is 7.33. The number of nitrogens with zero attached hydrogens (tertiary/aromatic N) is 3. The number of hydrogen-bond acceptors (Lipinski definition) is 5. The number of aryl methyl sites for hydroxylation is 1. The Labute approximate surface area is 165 Å². The van der Waals surface area contributed by atoms with Crippen molar-refractivity contribution in [1.29, 1.82) is 0 Å². The largest absolute Gasteiger partial charge is 0.379 e. The molecule has 2 aromatic rings. The number of pyridine rings is 1. The molecule has 2 aromatic heterocycles. The molecule has 1 aliphatic heterocycles. The summed E-state index contributed by atoms with van der Waals surface area (Å²) in [6, 6.07) is 10.8. The SMILES string of the molecule is CN=C(NCCc1ccccn1)NCC(c1ccc(C)s1)N1CCOCC1. The van der Waals surface area contributed by atoms with Crippen LogP contribution >= 0.6 is 11.3 Å². The smallest absolute Gasteiger partial charge is 0.191 e. The van der Waals surface area contributed by atoms with Crippen molar-refractivity contribution >= 4 is 17.3 Å². The highest BCUT2D eigenvalue weighted by Crippen LogP contribution is 2.27. The fourth-order valence-corrected chi connectivity index (χ4v) is 4.21. The predicted molar refractivity (Wildman–Crippen MR) is 111 cm³/mol. The van der Waals surface area contributed by atoms with E-state index in [1.54, 1.807) is 0 Å². The van der Waals surface area contributed by atoms with E-state index in [9.17, 15) is 0 Å². The lowest BCUT2D eigenvalue weighted by Gasteiger charge is -2.34. The average molecular weight is 388 g/mol. The first-order chi connectivity index (χ1) is 13.3. The molecule has 0 radical (unpaired) electrons. The number of rotatable bonds is 7. The molecule has 1 atom stereocenters. The van der Waals surface area contributed by atoms with Gasteiger partial charge in [0.25, 0.3) is 0 Å². The second kappa shape index (κ2) is 10.4. The topological polar surface area (TPSA) is 61.8 Å². The molecule has 146 valence electrons. The molecule has 7 heteroatoms. The number of morpholine rings is 1. The molecule has 0 saturated carbocycles. The minimum atomic E-state index is 0.335. The summed E-state index contributed by atoms with van der Waals surface area (Å²) in [6.07, 6.45) is 2.71. The van der Waals surface area contributed by atoms with E-state index in [1.807, 2.05) is 42.8 Å². The van der Waals surface area contributed by atoms with Gasteiger partial charge in [0.2, 0.25) is 0 Å². The van der Waals surface area contributed by atoms with Crippen LogP contribution in [0.1, 0.15) is 21.5 Å². The summed E-state index contributed by atoms with van der Waals surface area (Å²) in [7, 11) is 1.81. The molecule has 0 spiro atoms. The highest BCUT2D eigenvalue weighted by atomic mass is 32.1. The van der Waals surface area contributed by atoms with E-state index < -0.39 is 0 Å². The van der Waals surface area contributed by atoms with Gasteiger partial charge in [-0.3, -0.25) is 14.9 Å². The maximum absolute atomic E-state index is 5.53. The van der Waals surface area contributed by atoms with Crippen LogP contribution in [0.3, 0.4) is 0 Å². The monoisotopic (exact) mass is 387 g/mol. The van der Waals surface area contributed by atoms with Gasteiger partial charge in [0.15, 0.2) is 5.96 Å². The van der Waals surface area contributed by atoms with Crippen LogP contribution in [0, 0.1) is 6.92 Å². The molecule has 2 N–H and O–H groups in total. The third-order valence-electron chi connectivity index (χ3n) is 4.66. The van der Waals surface area contributed by atoms with E-state index in [4.69, 9.17) is 4.74 Å². The summed E-state index contributed by atoms with van der Waals surface area (Å²) in [5.74, 6) is 0.831. The quantitative estimate of drug-likeness (QED) is 0.564. The molecule has 1 fully saturated rings. The van der Waals surface area contributed by atoms with Crippen LogP contribution in [-0.2, 0) is 11.2 Å². The number of aromatic nitrogens is 1. The molecule has 6 nitrogen and oxygen atoms in total. The molecule has 27 heavy (non-hydrogen) atoms. The standard InChI is InChI=1S/C20H29N5OS/c1-16-6-7-19(27-16)18(25-11-13-26-14-12-25)15-24-20(21-2)23-10-8-17-5-3-4-9-22-17/h3-7,9,18H,8,10-15H2,1-2H3,(H2,21,23,24). The van der Waals surface area contributed by atoms with Crippen molar-refractivity contribution in [3.8, 4) is 0 Å². The van der Waals surface area contributed by atoms with Crippen LogP contribution in [-0.4, -0.2) is 62.3 Å². The molecule has 0 bridgehead atoms. The second-order valence-corrected chi connectivity index (χ2v) is 7.88. The van der Waals surface area contributed by atoms with Crippen molar-refractivity contribution in [1.82, 2.24) is 20.5 Å². The Balaban J connectivity index is 1.54. The van der Waals surface area contributed by atoms with Crippen LogP contribution in [0.25, 0.3) is 0 Å². The van der Waals surface area contributed by atoms with Crippen LogP contribution in [0.15, 0.2) is 41.5 Å². The van der Waals surface area contributed by atoms with Crippen molar-refractivity contribution in [3.05, 3.63) is 52.0 Å². The molecular weight excluding hydrogens is 358 g/mol. The molecule has 1 aliphatic rings. The number of nitrogens with one attached hydrogen (secondary N) is 2. The number of aliphatic imine (C=N–C) groups is 1. The van der Waals surface area contributed by atoms with Gasteiger partial charge in [0.1, 0.15) is 0 Å². The Morgan fingerprint density at radius 1 is 1.26 bits per heavy atom. The summed E-state index contributed by atoms with van der Waals surface area (Å²) < 4.78 is 5.53. The Kier molecular flexibility index (Phi) is 7.62. The third-order valence-corrected chi connectivity index (χ3v) is 5.76. The molecule has 0 amide bonds. The van der Waals surface area contributed by atoms with Crippen molar-refractivity contribution in [3.63, 3.8) is 0 Å². The fourth-order valence-electron chi connectivity index (χ4n) is 3.20. The van der Waals surface area contributed by atoms with Crippen molar-refractivity contribution < 1.29 is 4.74 Å². The van der Waals surface area contributed by atoms with Gasteiger partial charge >= 0.3 is 0 Å². The van der Waals surface area contributed by atoms with E-state index in [0.29, 0.717) is 6.04 Å². The van der Waals surface area contributed by atoms with Gasteiger partial charge in [0.05, 0.1) is 19.3 Å². The summed E-state index contributed by atoms with van der Waals surface area (Å²) in [4.78, 5) is 14.0. The second-order valence-electron chi connectivity index (χ2n) is 6.56. The zero-order chi connectivity index (χ0) is 18.9. The number of hydrogen-bond donors (Lipinski definition) is 2. The van der Waals surface area contributed by atoms with Crippen molar-refractivity contribution in [2.24, 2.45) is 4.99 Å². The molecular formula is C20H29N5OS. The first-order valence-corrected chi connectivity index (χ1v) is 10.3. The van der Waals surface area contributed by atoms with E-state index in [0.717, 1.165) is 57.5 Å². The van der Waals surface area contributed by atoms with Crippen molar-refractivity contribution in [2.45, 2.75) is 19.4 Å². The van der Waals surface area contributed by atoms with Gasteiger partial charge < -0.3 is 15.4 Å². The Morgan fingerprint density at radius 2 is 2.11 bits per heavy atom.